The molecule has 1 saturated heterocycles. The molecule has 0 bridgehead atoms. The van der Waals surface area contributed by atoms with Crippen LogP contribution in [0.15, 0.2) is 22.8 Å². The predicted molar refractivity (Wildman–Crippen MR) is 60.5 cm³/mol. The smallest absolute Gasteiger partial charge is 0.234 e. The summed E-state index contributed by atoms with van der Waals surface area (Å²) < 4.78 is 4.96. The van der Waals surface area contributed by atoms with E-state index in [4.69, 9.17) is 4.42 Å². The van der Waals surface area contributed by atoms with Crippen LogP contribution in [0.4, 0.5) is 0 Å². The lowest BCUT2D eigenvalue weighted by molar-refractivity contribution is -0.142. The number of likely N-dealkylation sites (tertiary alicyclic amines) is 1. The zero-order valence-electron chi connectivity index (χ0n) is 10.2. The van der Waals surface area contributed by atoms with E-state index in [2.05, 4.69) is 0 Å². The third-order valence-electron chi connectivity index (χ3n) is 3.99. The van der Waals surface area contributed by atoms with Crippen LogP contribution >= 0.6 is 0 Å². The first-order valence-electron chi connectivity index (χ1n) is 5.86. The van der Waals surface area contributed by atoms with Gasteiger partial charge in [-0.1, -0.05) is 13.8 Å². The van der Waals surface area contributed by atoms with Crippen molar-refractivity contribution in [1.82, 2.24) is 4.90 Å². The highest BCUT2D eigenvalue weighted by Gasteiger charge is 2.72. The fourth-order valence-electron chi connectivity index (χ4n) is 2.82. The molecule has 2 unspecified atom stereocenters. The Bertz CT molecular complexity index is 519. The number of fused-ring (bicyclic) bond motifs is 1. The molecule has 5 heteroatoms. The minimum Gasteiger partial charge on any atom is -0.461 e. The van der Waals surface area contributed by atoms with Gasteiger partial charge < -0.3 is 4.42 Å². The first-order valence-corrected chi connectivity index (χ1v) is 5.86. The van der Waals surface area contributed by atoms with Crippen LogP contribution < -0.4 is 0 Å². The van der Waals surface area contributed by atoms with Crippen molar-refractivity contribution in [3.63, 3.8) is 0 Å². The molecule has 1 aromatic rings. The molecule has 0 aromatic carbocycles. The van der Waals surface area contributed by atoms with Crippen molar-refractivity contribution in [2.75, 3.05) is 6.54 Å². The number of hydrogen-bond donors (Lipinski definition) is 0. The Morgan fingerprint density at radius 1 is 1.33 bits per heavy atom. The van der Waals surface area contributed by atoms with E-state index in [1.165, 1.54) is 12.3 Å². The summed E-state index contributed by atoms with van der Waals surface area (Å²) in [5.74, 6) is -1.11. The summed E-state index contributed by atoms with van der Waals surface area (Å²) in [5.41, 5.74) is -0.238. The van der Waals surface area contributed by atoms with E-state index in [9.17, 15) is 14.4 Å². The summed E-state index contributed by atoms with van der Waals surface area (Å²) in [7, 11) is 0. The van der Waals surface area contributed by atoms with Gasteiger partial charge in [0.1, 0.15) is 0 Å². The summed E-state index contributed by atoms with van der Waals surface area (Å²) in [4.78, 5) is 36.9. The van der Waals surface area contributed by atoms with E-state index >= 15 is 0 Å². The van der Waals surface area contributed by atoms with Crippen LogP contribution in [-0.2, 0) is 9.59 Å². The topological polar surface area (TPSA) is 67.6 Å². The van der Waals surface area contributed by atoms with Gasteiger partial charge in [-0.25, -0.2) is 0 Å². The van der Waals surface area contributed by atoms with E-state index < -0.39 is 0 Å². The third-order valence-corrected chi connectivity index (χ3v) is 3.99. The number of nitrogens with zero attached hydrogens (tertiary/aromatic N) is 1. The minimum atomic E-state index is -0.346. The molecule has 1 saturated carbocycles. The monoisotopic (exact) mass is 247 g/mol. The number of piperidine rings is 1. The number of Topliss-reactive ketones (excluding diaryl/α,β-unsaturated/α-hetero) is 1. The molecular formula is C13H13NO4. The Morgan fingerprint density at radius 2 is 1.94 bits per heavy atom. The van der Waals surface area contributed by atoms with Crippen molar-refractivity contribution in [1.29, 1.82) is 0 Å². The number of carbonyl (C=O) groups excluding carboxylic acids is 3. The molecule has 0 N–H and O–H groups in total. The summed E-state index contributed by atoms with van der Waals surface area (Å²) in [6, 6.07) is 3.12. The first kappa shape index (κ1) is 11.2. The highest BCUT2D eigenvalue weighted by atomic mass is 16.3. The van der Waals surface area contributed by atoms with E-state index in [0.29, 0.717) is 0 Å². The average Bonchev–Trinajstić information content (AvgIpc) is 2.74. The standard InChI is InChI=1S/C13H13NO4/c1-13(2)9-10(13)12(17)14(11(9)16)6-7(15)8-4-3-5-18-8/h3-5,9-10H,6H2,1-2H3. The molecule has 0 radical (unpaired) electrons. The lowest BCUT2D eigenvalue weighted by atomic mass is 10.1. The fourth-order valence-corrected chi connectivity index (χ4v) is 2.82. The number of carbonyl (C=O) groups is 3. The zero-order valence-corrected chi connectivity index (χ0v) is 10.2. The minimum absolute atomic E-state index is 0.176. The SMILES string of the molecule is CC1(C)C2C(=O)N(CC(=O)c3ccco3)C(=O)C21. The molecule has 2 aliphatic rings. The number of rotatable bonds is 3. The van der Waals surface area contributed by atoms with Gasteiger partial charge in [0, 0.05) is 0 Å². The molecule has 18 heavy (non-hydrogen) atoms. The third kappa shape index (κ3) is 1.30. The number of amides is 2. The Morgan fingerprint density at radius 3 is 2.44 bits per heavy atom. The maximum absolute atomic E-state index is 12.0. The largest absolute Gasteiger partial charge is 0.461 e. The van der Waals surface area contributed by atoms with E-state index in [-0.39, 0.29) is 47.2 Å². The van der Waals surface area contributed by atoms with E-state index in [1.807, 2.05) is 13.8 Å². The highest BCUT2D eigenvalue weighted by Crippen LogP contribution is 2.63. The number of hydrogen-bond acceptors (Lipinski definition) is 4. The van der Waals surface area contributed by atoms with Crippen LogP contribution in [-0.4, -0.2) is 29.0 Å². The molecule has 3 rings (SSSR count). The summed E-state index contributed by atoms with van der Waals surface area (Å²) >= 11 is 0. The van der Waals surface area contributed by atoms with Crippen LogP contribution in [0, 0.1) is 17.3 Å². The Kier molecular flexibility index (Phi) is 2.06. The Hall–Kier alpha value is -1.91. The molecule has 2 fully saturated rings. The normalized spacial score (nSPS) is 28.4. The Balaban J connectivity index is 1.75. The van der Waals surface area contributed by atoms with Gasteiger partial charge in [0.25, 0.3) is 0 Å². The number of furan rings is 1. The van der Waals surface area contributed by atoms with Gasteiger partial charge in [0.2, 0.25) is 17.6 Å². The van der Waals surface area contributed by atoms with Gasteiger partial charge in [-0.3, -0.25) is 19.3 Å². The van der Waals surface area contributed by atoms with E-state index in [1.54, 1.807) is 6.07 Å². The van der Waals surface area contributed by atoms with Crippen LogP contribution in [0.5, 0.6) is 0 Å². The van der Waals surface area contributed by atoms with Gasteiger partial charge in [0.15, 0.2) is 5.76 Å². The second-order valence-electron chi connectivity index (χ2n) is 5.44. The van der Waals surface area contributed by atoms with Crippen molar-refractivity contribution in [3.05, 3.63) is 24.2 Å². The van der Waals surface area contributed by atoms with E-state index in [0.717, 1.165) is 4.90 Å². The van der Waals surface area contributed by atoms with Gasteiger partial charge in [-0.2, -0.15) is 0 Å². The van der Waals surface area contributed by atoms with Crippen molar-refractivity contribution >= 4 is 17.6 Å². The van der Waals surface area contributed by atoms with Crippen molar-refractivity contribution in [2.45, 2.75) is 13.8 Å². The maximum atomic E-state index is 12.0. The predicted octanol–water partition coefficient (Wildman–Crippen LogP) is 1.10. The quantitative estimate of drug-likeness (QED) is 0.592. The van der Waals surface area contributed by atoms with Crippen LogP contribution in [0.3, 0.4) is 0 Å². The molecule has 0 spiro atoms. The molecule has 2 heterocycles. The Labute approximate surface area is 104 Å². The van der Waals surface area contributed by atoms with Crippen molar-refractivity contribution in [2.24, 2.45) is 17.3 Å². The van der Waals surface area contributed by atoms with Crippen molar-refractivity contribution < 1.29 is 18.8 Å². The summed E-state index contributed by atoms with van der Waals surface area (Å²) in [6.45, 7) is 3.60. The number of imide groups is 1. The average molecular weight is 247 g/mol. The van der Waals surface area contributed by atoms with Gasteiger partial charge in [-0.05, 0) is 17.5 Å². The molecule has 1 aromatic heterocycles. The highest BCUT2D eigenvalue weighted by molar-refractivity contribution is 6.13. The second kappa shape index (κ2) is 3.31. The van der Waals surface area contributed by atoms with Gasteiger partial charge >= 0.3 is 0 Å². The van der Waals surface area contributed by atoms with Crippen molar-refractivity contribution in [3.8, 4) is 0 Å². The molecular weight excluding hydrogens is 234 g/mol. The zero-order chi connectivity index (χ0) is 13.1. The molecule has 2 atom stereocenters. The molecule has 5 nitrogen and oxygen atoms in total. The fraction of sp³-hybridized carbons (Fsp3) is 0.462. The van der Waals surface area contributed by atoms with Crippen LogP contribution in [0.1, 0.15) is 24.4 Å². The van der Waals surface area contributed by atoms with Crippen LogP contribution in [0.2, 0.25) is 0 Å². The maximum Gasteiger partial charge on any atom is 0.234 e. The first-order chi connectivity index (χ1) is 8.44. The second-order valence-corrected chi connectivity index (χ2v) is 5.44. The van der Waals surface area contributed by atoms with Gasteiger partial charge in [0.05, 0.1) is 24.6 Å². The summed E-state index contributed by atoms with van der Waals surface area (Å²) in [5, 5.41) is 0. The summed E-state index contributed by atoms with van der Waals surface area (Å²) in [6.07, 6.45) is 1.39. The molecule has 94 valence electrons. The molecule has 1 aliphatic heterocycles. The van der Waals surface area contributed by atoms with Crippen LogP contribution in [0.25, 0.3) is 0 Å². The lowest BCUT2D eigenvalue weighted by Crippen LogP contribution is -2.39. The number of ketones is 1. The lowest BCUT2D eigenvalue weighted by Gasteiger charge is -2.19. The molecule has 2 amide bonds. The molecule has 1 aliphatic carbocycles. The van der Waals surface area contributed by atoms with Gasteiger partial charge in [-0.15, -0.1) is 0 Å².